The molecule has 2 rings (SSSR count). The van der Waals surface area contributed by atoms with Gasteiger partial charge in [-0.3, -0.25) is 4.79 Å². The van der Waals surface area contributed by atoms with E-state index in [0.717, 1.165) is 0 Å². The second-order valence-electron chi connectivity index (χ2n) is 4.25. The topological polar surface area (TPSA) is 47.9 Å². The Balaban J connectivity index is 2.02. The van der Waals surface area contributed by atoms with Gasteiger partial charge in [-0.15, -0.1) is 0 Å². The first-order chi connectivity index (χ1) is 8.65. The van der Waals surface area contributed by atoms with Crippen molar-refractivity contribution in [3.63, 3.8) is 0 Å². The number of hydrogen-bond donors (Lipinski definition) is 0. The monoisotopic (exact) mass is 251 g/mol. The van der Waals surface area contributed by atoms with Crippen LogP contribution in [0.1, 0.15) is 25.3 Å². The summed E-state index contributed by atoms with van der Waals surface area (Å²) in [6.07, 6.45) is 3.70. The number of nitrogens with zero attached hydrogens (tertiary/aromatic N) is 1. The lowest BCUT2D eigenvalue weighted by Crippen LogP contribution is -2.04. The average Bonchev–Trinajstić information content (AvgIpc) is 3.11. The largest absolute Gasteiger partial charge is 0.426 e. The summed E-state index contributed by atoms with van der Waals surface area (Å²) in [5, 5.41) is 3.75. The van der Waals surface area contributed by atoms with E-state index in [9.17, 15) is 9.18 Å². The highest BCUT2D eigenvalue weighted by molar-refractivity contribution is 5.84. The second-order valence-corrected chi connectivity index (χ2v) is 4.25. The summed E-state index contributed by atoms with van der Waals surface area (Å²) < 4.78 is 18.0. The molecule has 0 unspecified atom stereocenters. The van der Waals surface area contributed by atoms with E-state index in [4.69, 9.17) is 9.57 Å². The van der Waals surface area contributed by atoms with Crippen LogP contribution >= 0.6 is 0 Å². The first-order valence-corrected chi connectivity index (χ1v) is 5.78. The van der Waals surface area contributed by atoms with Crippen LogP contribution in [0.5, 0.6) is 5.75 Å². The summed E-state index contributed by atoms with van der Waals surface area (Å²) in [6.45, 7) is 1.86. The molecule has 0 atom stereocenters. The van der Waals surface area contributed by atoms with E-state index in [1.807, 2.05) is 0 Å². The van der Waals surface area contributed by atoms with Crippen LogP contribution in [0.15, 0.2) is 23.4 Å². The van der Waals surface area contributed by atoms with Gasteiger partial charge in [0.1, 0.15) is 18.2 Å². The number of ether oxygens (including phenoxy) is 1. The van der Waals surface area contributed by atoms with Crippen molar-refractivity contribution in [2.45, 2.75) is 19.8 Å². The van der Waals surface area contributed by atoms with Gasteiger partial charge in [0.25, 0.3) is 0 Å². The van der Waals surface area contributed by atoms with E-state index in [1.54, 1.807) is 0 Å². The first-order valence-electron chi connectivity index (χ1n) is 5.78. The van der Waals surface area contributed by atoms with Crippen molar-refractivity contribution >= 4 is 12.2 Å². The molecule has 0 saturated heterocycles. The smallest absolute Gasteiger partial charge is 0.308 e. The van der Waals surface area contributed by atoms with Crippen LogP contribution in [0.3, 0.4) is 0 Å². The van der Waals surface area contributed by atoms with Gasteiger partial charge in [0.2, 0.25) is 0 Å². The second kappa shape index (κ2) is 5.62. The first kappa shape index (κ1) is 12.5. The number of hydrogen-bond acceptors (Lipinski definition) is 4. The molecule has 0 aromatic heterocycles. The molecule has 4 nitrogen and oxygen atoms in total. The lowest BCUT2D eigenvalue weighted by molar-refractivity contribution is -0.131. The number of halogens is 1. The predicted molar refractivity (Wildman–Crippen MR) is 64.0 cm³/mol. The lowest BCUT2D eigenvalue weighted by atomic mass is 10.2. The van der Waals surface area contributed by atoms with E-state index in [1.165, 1.54) is 44.2 Å². The van der Waals surface area contributed by atoms with E-state index < -0.39 is 11.8 Å². The van der Waals surface area contributed by atoms with Gasteiger partial charge in [0.05, 0.1) is 6.21 Å². The van der Waals surface area contributed by atoms with Gasteiger partial charge < -0.3 is 9.57 Å². The van der Waals surface area contributed by atoms with Crippen LogP contribution in [0.25, 0.3) is 0 Å². The van der Waals surface area contributed by atoms with Gasteiger partial charge in [-0.2, -0.15) is 0 Å². The standard InChI is InChI=1S/C13H14FNO3/c1-9(16)18-13-5-4-12(14)6-11(13)7-15-17-8-10-2-3-10/h4-7,10H,2-3,8H2,1H3/b15-7+. The molecule has 0 heterocycles. The summed E-state index contributed by atoms with van der Waals surface area (Å²) >= 11 is 0. The molecule has 0 aliphatic heterocycles. The van der Waals surface area contributed by atoms with Crippen molar-refractivity contribution in [2.75, 3.05) is 6.61 Å². The van der Waals surface area contributed by atoms with E-state index in [-0.39, 0.29) is 5.75 Å². The Morgan fingerprint density at radius 2 is 2.33 bits per heavy atom. The zero-order valence-electron chi connectivity index (χ0n) is 10.1. The summed E-state index contributed by atoms with van der Waals surface area (Å²) in [5.41, 5.74) is 0.376. The Kier molecular flexibility index (Phi) is 3.92. The minimum Gasteiger partial charge on any atom is -0.426 e. The Morgan fingerprint density at radius 3 is 3.00 bits per heavy atom. The molecule has 1 saturated carbocycles. The fourth-order valence-corrected chi connectivity index (χ4v) is 1.40. The van der Waals surface area contributed by atoms with Gasteiger partial charge in [-0.25, -0.2) is 4.39 Å². The van der Waals surface area contributed by atoms with Crippen LogP contribution in [0.2, 0.25) is 0 Å². The van der Waals surface area contributed by atoms with Gasteiger partial charge in [-0.1, -0.05) is 5.16 Å². The molecule has 0 bridgehead atoms. The Morgan fingerprint density at radius 1 is 1.56 bits per heavy atom. The Bertz CT molecular complexity index is 469. The molecule has 5 heteroatoms. The van der Waals surface area contributed by atoms with Gasteiger partial charge in [-0.05, 0) is 37.0 Å². The normalized spacial score (nSPS) is 14.8. The quantitative estimate of drug-likeness (QED) is 0.349. The fraction of sp³-hybridized carbons (Fsp3) is 0.385. The van der Waals surface area contributed by atoms with Crippen LogP contribution < -0.4 is 4.74 Å². The molecule has 0 N–H and O–H groups in total. The van der Waals surface area contributed by atoms with Gasteiger partial charge >= 0.3 is 5.97 Å². The molecule has 1 aliphatic rings. The summed E-state index contributed by atoms with van der Waals surface area (Å²) in [7, 11) is 0. The minimum absolute atomic E-state index is 0.266. The highest BCUT2D eigenvalue weighted by Crippen LogP contribution is 2.28. The van der Waals surface area contributed by atoms with Crippen molar-refractivity contribution in [1.82, 2.24) is 0 Å². The zero-order chi connectivity index (χ0) is 13.0. The number of oxime groups is 1. The number of benzene rings is 1. The zero-order valence-corrected chi connectivity index (χ0v) is 10.1. The van der Waals surface area contributed by atoms with Crippen molar-refractivity contribution < 1.29 is 18.8 Å². The molecule has 0 amide bonds. The molecule has 1 aliphatic carbocycles. The molecule has 96 valence electrons. The van der Waals surface area contributed by atoms with Gasteiger partial charge in [0, 0.05) is 12.5 Å². The highest BCUT2D eigenvalue weighted by Gasteiger charge is 2.21. The van der Waals surface area contributed by atoms with E-state index >= 15 is 0 Å². The van der Waals surface area contributed by atoms with Crippen molar-refractivity contribution in [3.8, 4) is 5.75 Å². The third kappa shape index (κ3) is 3.84. The predicted octanol–water partition coefficient (Wildman–Crippen LogP) is 2.51. The van der Waals surface area contributed by atoms with Crippen molar-refractivity contribution in [1.29, 1.82) is 0 Å². The third-order valence-electron chi connectivity index (χ3n) is 2.50. The number of carbonyl (C=O) groups excluding carboxylic acids is 1. The third-order valence-corrected chi connectivity index (χ3v) is 2.50. The molecular weight excluding hydrogens is 237 g/mol. The van der Waals surface area contributed by atoms with Gasteiger partial charge in [0.15, 0.2) is 0 Å². The maximum atomic E-state index is 13.1. The fourth-order valence-electron chi connectivity index (χ4n) is 1.40. The molecule has 0 radical (unpaired) electrons. The van der Waals surface area contributed by atoms with E-state index in [2.05, 4.69) is 5.16 Å². The molecule has 1 aromatic carbocycles. The number of esters is 1. The molecule has 18 heavy (non-hydrogen) atoms. The summed E-state index contributed by atoms with van der Waals surface area (Å²) in [6, 6.07) is 3.85. The van der Waals surface area contributed by atoms with Crippen LogP contribution in [0.4, 0.5) is 4.39 Å². The van der Waals surface area contributed by atoms with E-state index in [0.29, 0.717) is 18.1 Å². The highest BCUT2D eigenvalue weighted by atomic mass is 19.1. The molecule has 1 aromatic rings. The number of carbonyl (C=O) groups is 1. The maximum absolute atomic E-state index is 13.1. The SMILES string of the molecule is CC(=O)Oc1ccc(F)cc1/C=N/OCC1CC1. The summed E-state index contributed by atoms with van der Waals surface area (Å²) in [4.78, 5) is 16.0. The van der Waals surface area contributed by atoms with Crippen molar-refractivity contribution in [2.24, 2.45) is 11.1 Å². The molecular formula is C13H14FNO3. The molecule has 0 spiro atoms. The Hall–Kier alpha value is -1.91. The summed E-state index contributed by atoms with van der Waals surface area (Å²) in [5.74, 6) is -0.0185. The van der Waals surface area contributed by atoms with Crippen LogP contribution in [-0.4, -0.2) is 18.8 Å². The molecule has 1 fully saturated rings. The minimum atomic E-state index is -0.463. The maximum Gasteiger partial charge on any atom is 0.308 e. The average molecular weight is 251 g/mol. The van der Waals surface area contributed by atoms with Crippen molar-refractivity contribution in [3.05, 3.63) is 29.6 Å². The van der Waals surface area contributed by atoms with Crippen LogP contribution in [0, 0.1) is 11.7 Å². The Labute approximate surface area is 104 Å². The lowest BCUT2D eigenvalue weighted by Gasteiger charge is -2.05. The van der Waals surface area contributed by atoms with Crippen LogP contribution in [-0.2, 0) is 9.63 Å². The number of rotatable bonds is 5.